The minimum absolute atomic E-state index is 0.123. The van der Waals surface area contributed by atoms with E-state index in [-0.39, 0.29) is 12.1 Å². The van der Waals surface area contributed by atoms with E-state index in [0.717, 1.165) is 37.0 Å². The van der Waals surface area contributed by atoms with Gasteiger partial charge in [0.1, 0.15) is 6.61 Å². The van der Waals surface area contributed by atoms with Gasteiger partial charge in [0.2, 0.25) is 0 Å². The second-order valence-electron chi connectivity index (χ2n) is 10.2. The number of cyclic esters (lactones) is 1. The van der Waals surface area contributed by atoms with Crippen LogP contribution in [0.2, 0.25) is 0 Å². The van der Waals surface area contributed by atoms with Crippen LogP contribution in [0.4, 0.5) is 0 Å². The van der Waals surface area contributed by atoms with Crippen molar-refractivity contribution in [3.8, 4) is 0 Å². The minimum Gasteiger partial charge on any atom is -0.458 e. The van der Waals surface area contributed by atoms with E-state index in [1.807, 2.05) is 0 Å². The Morgan fingerprint density at radius 1 is 1.12 bits per heavy atom. The van der Waals surface area contributed by atoms with Gasteiger partial charge in [0.05, 0.1) is 6.10 Å². The van der Waals surface area contributed by atoms with Gasteiger partial charge in [0.15, 0.2) is 0 Å². The second-order valence-corrected chi connectivity index (χ2v) is 10.2. The molecule has 0 aromatic heterocycles. The highest BCUT2D eigenvalue weighted by atomic mass is 16.5. The van der Waals surface area contributed by atoms with Gasteiger partial charge in [-0.05, 0) is 91.4 Å². The van der Waals surface area contributed by atoms with Crippen LogP contribution in [-0.4, -0.2) is 23.8 Å². The lowest BCUT2D eigenvalue weighted by molar-refractivity contribution is -0.135. The minimum atomic E-state index is -0.140. The predicted octanol–water partition coefficient (Wildman–Crippen LogP) is 4.41. The molecule has 0 saturated heterocycles. The zero-order valence-electron chi connectivity index (χ0n) is 16.2. The fourth-order valence-electron chi connectivity index (χ4n) is 7.84. The fourth-order valence-corrected chi connectivity index (χ4v) is 7.84. The van der Waals surface area contributed by atoms with Crippen LogP contribution in [0.3, 0.4) is 0 Å². The standard InChI is InChI=1S/C23H32O3/c1-22-9-7-16(24)12-15(22)3-4-17-19-6-5-18(14-11-21(25)26-13-14)23(19,2)10-8-20(17)22/h3,11,16-20,24H,4-10,12-13H2,1-2H3/t16-,17+,18-,19+,20+,22+,23-/m1/s1. The lowest BCUT2D eigenvalue weighted by Gasteiger charge is -2.58. The van der Waals surface area contributed by atoms with Crippen LogP contribution in [0, 0.1) is 34.5 Å². The van der Waals surface area contributed by atoms with Gasteiger partial charge in [0.25, 0.3) is 0 Å². The molecule has 3 heteroatoms. The molecule has 142 valence electrons. The molecule has 5 aliphatic rings. The number of allylic oxidation sites excluding steroid dienone is 1. The summed E-state index contributed by atoms with van der Waals surface area (Å²) in [7, 11) is 0. The summed E-state index contributed by atoms with van der Waals surface area (Å²) >= 11 is 0. The Bertz CT molecular complexity index is 692. The third-order valence-corrected chi connectivity index (χ3v) is 9.21. The van der Waals surface area contributed by atoms with E-state index in [2.05, 4.69) is 19.9 Å². The topological polar surface area (TPSA) is 46.5 Å². The Labute approximate surface area is 156 Å². The summed E-state index contributed by atoms with van der Waals surface area (Å²) in [4.78, 5) is 11.6. The number of esters is 1. The molecule has 3 fully saturated rings. The summed E-state index contributed by atoms with van der Waals surface area (Å²) in [5, 5.41) is 10.1. The van der Waals surface area contributed by atoms with Crippen molar-refractivity contribution in [2.45, 2.75) is 71.3 Å². The lowest BCUT2D eigenvalue weighted by atomic mass is 9.47. The first-order chi connectivity index (χ1) is 12.4. The molecule has 7 atom stereocenters. The van der Waals surface area contributed by atoms with Gasteiger partial charge in [-0.3, -0.25) is 0 Å². The van der Waals surface area contributed by atoms with Gasteiger partial charge in [-0.1, -0.05) is 25.5 Å². The summed E-state index contributed by atoms with van der Waals surface area (Å²) in [6.07, 6.45) is 13.5. The zero-order valence-corrected chi connectivity index (χ0v) is 16.2. The van der Waals surface area contributed by atoms with Crippen LogP contribution in [0.5, 0.6) is 0 Å². The molecule has 0 bridgehead atoms. The molecule has 0 amide bonds. The Balaban J connectivity index is 1.45. The molecule has 0 aromatic carbocycles. The molecule has 4 aliphatic carbocycles. The summed E-state index contributed by atoms with van der Waals surface area (Å²) < 4.78 is 5.24. The van der Waals surface area contributed by atoms with Crippen molar-refractivity contribution in [1.29, 1.82) is 0 Å². The number of carbonyl (C=O) groups is 1. The first kappa shape index (κ1) is 17.0. The summed E-state index contributed by atoms with van der Waals surface area (Å²) in [5.74, 6) is 2.72. The number of rotatable bonds is 1. The van der Waals surface area contributed by atoms with Crippen LogP contribution >= 0.6 is 0 Å². The number of ether oxygens (including phenoxy) is 1. The van der Waals surface area contributed by atoms with Crippen molar-refractivity contribution in [1.82, 2.24) is 0 Å². The van der Waals surface area contributed by atoms with Gasteiger partial charge in [0, 0.05) is 6.08 Å². The lowest BCUT2D eigenvalue weighted by Crippen LogP contribution is -2.50. The first-order valence-corrected chi connectivity index (χ1v) is 10.7. The monoisotopic (exact) mass is 356 g/mol. The number of fused-ring (bicyclic) bond motifs is 5. The highest BCUT2D eigenvalue weighted by Gasteiger charge is 2.59. The van der Waals surface area contributed by atoms with E-state index in [1.54, 1.807) is 11.6 Å². The molecule has 1 N–H and O–H groups in total. The molecule has 3 saturated carbocycles. The number of carbonyl (C=O) groups excluding carboxylic acids is 1. The average molecular weight is 357 g/mol. The quantitative estimate of drug-likeness (QED) is 0.559. The molecule has 1 heterocycles. The average Bonchev–Trinajstić information content (AvgIpc) is 3.18. The van der Waals surface area contributed by atoms with Gasteiger partial charge in [-0.15, -0.1) is 0 Å². The van der Waals surface area contributed by atoms with Crippen molar-refractivity contribution in [3.63, 3.8) is 0 Å². The van der Waals surface area contributed by atoms with Crippen LogP contribution in [-0.2, 0) is 9.53 Å². The maximum absolute atomic E-state index is 11.6. The van der Waals surface area contributed by atoms with E-state index in [9.17, 15) is 9.90 Å². The third-order valence-electron chi connectivity index (χ3n) is 9.21. The molecule has 5 rings (SSSR count). The molecule has 0 radical (unpaired) electrons. The van der Waals surface area contributed by atoms with E-state index in [1.165, 1.54) is 37.7 Å². The molecular weight excluding hydrogens is 324 g/mol. The molecule has 26 heavy (non-hydrogen) atoms. The Hall–Kier alpha value is -1.09. The van der Waals surface area contributed by atoms with E-state index < -0.39 is 0 Å². The smallest absolute Gasteiger partial charge is 0.331 e. The van der Waals surface area contributed by atoms with E-state index in [0.29, 0.717) is 23.4 Å². The van der Waals surface area contributed by atoms with E-state index in [4.69, 9.17) is 4.74 Å². The maximum atomic E-state index is 11.6. The normalized spacial score (nSPS) is 50.3. The SMILES string of the molecule is C[C@]12CC[C@H]3[C@@H](CC=C4C[C@H](O)CC[C@@]43C)[C@@H]1CC[C@@H]2C1=CC(=O)OC1. The molecule has 0 unspecified atom stereocenters. The van der Waals surface area contributed by atoms with Crippen molar-refractivity contribution >= 4 is 5.97 Å². The number of aliphatic hydroxyl groups excluding tert-OH is 1. The van der Waals surface area contributed by atoms with Gasteiger partial charge in [-0.2, -0.15) is 0 Å². The highest BCUT2D eigenvalue weighted by molar-refractivity contribution is 5.85. The van der Waals surface area contributed by atoms with Crippen molar-refractivity contribution < 1.29 is 14.6 Å². The Kier molecular flexibility index (Phi) is 3.74. The molecule has 0 spiro atoms. The Morgan fingerprint density at radius 3 is 2.73 bits per heavy atom. The van der Waals surface area contributed by atoms with Gasteiger partial charge >= 0.3 is 5.97 Å². The maximum Gasteiger partial charge on any atom is 0.331 e. The van der Waals surface area contributed by atoms with Crippen molar-refractivity contribution in [2.75, 3.05) is 6.61 Å². The largest absolute Gasteiger partial charge is 0.458 e. The van der Waals surface area contributed by atoms with Crippen LogP contribution in [0.1, 0.15) is 65.2 Å². The fraction of sp³-hybridized carbons (Fsp3) is 0.783. The second kappa shape index (κ2) is 5.70. The van der Waals surface area contributed by atoms with Crippen LogP contribution in [0.25, 0.3) is 0 Å². The number of aliphatic hydroxyl groups is 1. The zero-order chi connectivity index (χ0) is 18.1. The molecular formula is C23H32O3. The molecule has 1 aliphatic heterocycles. The van der Waals surface area contributed by atoms with Crippen molar-refractivity contribution in [3.05, 3.63) is 23.3 Å². The van der Waals surface area contributed by atoms with Gasteiger partial charge < -0.3 is 9.84 Å². The van der Waals surface area contributed by atoms with E-state index >= 15 is 0 Å². The van der Waals surface area contributed by atoms with Gasteiger partial charge in [-0.25, -0.2) is 4.79 Å². The summed E-state index contributed by atoms with van der Waals surface area (Å²) in [6, 6.07) is 0. The van der Waals surface area contributed by atoms with Crippen LogP contribution in [0.15, 0.2) is 23.3 Å². The van der Waals surface area contributed by atoms with Crippen molar-refractivity contribution in [2.24, 2.45) is 34.5 Å². The predicted molar refractivity (Wildman–Crippen MR) is 100 cm³/mol. The Morgan fingerprint density at radius 2 is 1.96 bits per heavy atom. The molecule has 3 nitrogen and oxygen atoms in total. The number of hydrogen-bond donors (Lipinski definition) is 1. The van der Waals surface area contributed by atoms with Crippen LogP contribution < -0.4 is 0 Å². The highest BCUT2D eigenvalue weighted by Crippen LogP contribution is 2.67. The summed E-state index contributed by atoms with van der Waals surface area (Å²) in [6.45, 7) is 5.52. The third kappa shape index (κ3) is 2.25. The first-order valence-electron chi connectivity index (χ1n) is 10.7. The molecule has 0 aromatic rings. The number of hydrogen-bond acceptors (Lipinski definition) is 3. The summed E-state index contributed by atoms with van der Waals surface area (Å²) in [5.41, 5.74) is 3.45.